The highest BCUT2D eigenvalue weighted by Crippen LogP contribution is 2.22. The normalized spacial score (nSPS) is 17.5. The van der Waals surface area contributed by atoms with Crippen LogP contribution in [-0.4, -0.2) is 43.5 Å². The summed E-state index contributed by atoms with van der Waals surface area (Å²) in [5, 5.41) is 11.6. The number of amides is 1. The molecular formula is C13H21NO5. The lowest BCUT2D eigenvalue weighted by atomic mass is 9.89. The number of carbonyl (C=O) groups is 2. The Bertz CT molecular complexity index is 312. The van der Waals surface area contributed by atoms with E-state index < -0.39 is 18.0 Å². The molecule has 1 unspecified atom stereocenters. The quantitative estimate of drug-likeness (QED) is 0.684. The number of carbonyl (C=O) groups excluding carboxylic acids is 1. The molecule has 0 radical (unpaired) electrons. The van der Waals surface area contributed by atoms with Crippen molar-refractivity contribution in [3.63, 3.8) is 0 Å². The monoisotopic (exact) mass is 271 g/mol. The van der Waals surface area contributed by atoms with Crippen LogP contribution in [0.2, 0.25) is 0 Å². The van der Waals surface area contributed by atoms with Crippen molar-refractivity contribution in [2.45, 2.75) is 19.3 Å². The number of hydrogen-bond acceptors (Lipinski definition) is 4. The predicted molar refractivity (Wildman–Crippen MR) is 68.8 cm³/mol. The molecule has 1 rings (SSSR count). The van der Waals surface area contributed by atoms with Crippen molar-refractivity contribution >= 4 is 12.1 Å². The van der Waals surface area contributed by atoms with E-state index in [0.717, 1.165) is 12.8 Å². The summed E-state index contributed by atoms with van der Waals surface area (Å²) in [7, 11) is 0. The molecule has 2 N–H and O–H groups in total. The summed E-state index contributed by atoms with van der Waals surface area (Å²) in [6, 6.07) is 0. The van der Waals surface area contributed by atoms with Gasteiger partial charge in [-0.05, 0) is 25.2 Å². The highest BCUT2D eigenvalue weighted by atomic mass is 16.5. The third-order valence-electron chi connectivity index (χ3n) is 3.13. The van der Waals surface area contributed by atoms with Gasteiger partial charge in [0.25, 0.3) is 0 Å². The fraction of sp³-hybridized carbons (Fsp3) is 0.692. The number of carboxylic acid groups (broad SMARTS) is 1. The molecule has 1 atom stereocenters. The van der Waals surface area contributed by atoms with Crippen LogP contribution in [0.25, 0.3) is 0 Å². The van der Waals surface area contributed by atoms with Crippen LogP contribution in [0.5, 0.6) is 0 Å². The van der Waals surface area contributed by atoms with Gasteiger partial charge in [0.05, 0.1) is 5.92 Å². The van der Waals surface area contributed by atoms with Crippen LogP contribution in [0, 0.1) is 11.8 Å². The number of alkyl carbamates (subject to hydrolysis) is 1. The van der Waals surface area contributed by atoms with Crippen molar-refractivity contribution < 1.29 is 24.2 Å². The Hall–Kier alpha value is -1.56. The maximum absolute atomic E-state index is 11.2. The molecule has 0 aromatic rings. The third kappa shape index (κ3) is 6.24. The van der Waals surface area contributed by atoms with Crippen LogP contribution >= 0.6 is 0 Å². The van der Waals surface area contributed by atoms with Crippen LogP contribution in [0.1, 0.15) is 19.3 Å². The summed E-state index contributed by atoms with van der Waals surface area (Å²) in [6.45, 7) is 5.00. The van der Waals surface area contributed by atoms with Crippen LogP contribution in [0.15, 0.2) is 12.7 Å². The molecule has 0 aliphatic carbocycles. The SMILES string of the molecule is C=CCOC(=O)NCC(CC1CCOCC1)C(=O)O. The minimum Gasteiger partial charge on any atom is -0.481 e. The molecule has 0 spiro atoms. The first kappa shape index (κ1) is 15.5. The second-order valence-corrected chi connectivity index (χ2v) is 4.59. The zero-order chi connectivity index (χ0) is 14.1. The van der Waals surface area contributed by atoms with Gasteiger partial charge in [-0.15, -0.1) is 0 Å². The number of aliphatic carboxylic acids is 1. The minimum absolute atomic E-state index is 0.0860. The zero-order valence-corrected chi connectivity index (χ0v) is 11.0. The maximum atomic E-state index is 11.2. The fourth-order valence-corrected chi connectivity index (χ4v) is 2.05. The topological polar surface area (TPSA) is 84.9 Å². The molecule has 108 valence electrons. The highest BCUT2D eigenvalue weighted by Gasteiger charge is 2.24. The van der Waals surface area contributed by atoms with Crippen molar-refractivity contribution in [1.82, 2.24) is 5.32 Å². The summed E-state index contributed by atoms with van der Waals surface area (Å²) in [4.78, 5) is 22.4. The van der Waals surface area contributed by atoms with E-state index in [2.05, 4.69) is 11.9 Å². The van der Waals surface area contributed by atoms with E-state index in [-0.39, 0.29) is 13.2 Å². The second kappa shape index (κ2) is 8.53. The molecule has 1 aliphatic rings. The van der Waals surface area contributed by atoms with Crippen molar-refractivity contribution in [1.29, 1.82) is 0 Å². The molecule has 19 heavy (non-hydrogen) atoms. The van der Waals surface area contributed by atoms with Gasteiger partial charge in [0.1, 0.15) is 6.61 Å². The van der Waals surface area contributed by atoms with Gasteiger partial charge >= 0.3 is 12.1 Å². The van der Waals surface area contributed by atoms with Crippen LogP contribution in [0.3, 0.4) is 0 Å². The maximum Gasteiger partial charge on any atom is 0.407 e. The molecule has 0 saturated carbocycles. The smallest absolute Gasteiger partial charge is 0.407 e. The summed E-state index contributed by atoms with van der Waals surface area (Å²) in [6.07, 6.45) is 3.16. The van der Waals surface area contributed by atoms with Crippen molar-refractivity contribution in [2.75, 3.05) is 26.4 Å². The lowest BCUT2D eigenvalue weighted by Gasteiger charge is -2.24. The van der Waals surface area contributed by atoms with Crippen molar-refractivity contribution in [3.05, 3.63) is 12.7 Å². The second-order valence-electron chi connectivity index (χ2n) is 4.59. The molecule has 0 bridgehead atoms. The number of rotatable bonds is 7. The van der Waals surface area contributed by atoms with Gasteiger partial charge in [0.15, 0.2) is 0 Å². The van der Waals surface area contributed by atoms with E-state index in [1.54, 1.807) is 0 Å². The summed E-state index contributed by atoms with van der Waals surface area (Å²) in [5.74, 6) is -1.13. The van der Waals surface area contributed by atoms with Gasteiger partial charge < -0.3 is 19.9 Å². The molecule has 1 amide bonds. The van der Waals surface area contributed by atoms with Crippen molar-refractivity contribution in [3.8, 4) is 0 Å². The summed E-state index contributed by atoms with van der Waals surface area (Å²) in [5.41, 5.74) is 0. The first-order valence-electron chi connectivity index (χ1n) is 6.45. The van der Waals surface area contributed by atoms with Gasteiger partial charge in [-0.1, -0.05) is 12.7 Å². The standard InChI is InChI=1S/C13H21NO5/c1-2-5-19-13(17)14-9-11(12(15)16)8-10-3-6-18-7-4-10/h2,10-11H,1,3-9H2,(H,14,17)(H,15,16). The average molecular weight is 271 g/mol. The molecule has 1 aliphatic heterocycles. The minimum atomic E-state index is -0.893. The molecule has 0 aromatic carbocycles. The van der Waals surface area contributed by atoms with Crippen LogP contribution in [-0.2, 0) is 14.3 Å². The summed E-state index contributed by atoms with van der Waals surface area (Å²) >= 11 is 0. The first-order valence-corrected chi connectivity index (χ1v) is 6.45. The van der Waals surface area contributed by atoms with Crippen LogP contribution in [0.4, 0.5) is 4.79 Å². The Morgan fingerprint density at radius 1 is 1.47 bits per heavy atom. The molecular weight excluding hydrogens is 250 g/mol. The van der Waals surface area contributed by atoms with Gasteiger partial charge in [0.2, 0.25) is 0 Å². The van der Waals surface area contributed by atoms with E-state index in [9.17, 15) is 9.59 Å². The Kier molecular flexibility index (Phi) is 6.95. The van der Waals surface area contributed by atoms with E-state index in [0.29, 0.717) is 25.6 Å². The van der Waals surface area contributed by atoms with Gasteiger partial charge in [-0.2, -0.15) is 0 Å². The highest BCUT2D eigenvalue weighted by molar-refractivity contribution is 5.72. The van der Waals surface area contributed by atoms with Gasteiger partial charge in [-0.3, -0.25) is 4.79 Å². The van der Waals surface area contributed by atoms with Gasteiger partial charge in [-0.25, -0.2) is 4.79 Å². The number of nitrogens with one attached hydrogen (secondary N) is 1. The van der Waals surface area contributed by atoms with E-state index in [4.69, 9.17) is 14.6 Å². The average Bonchev–Trinajstić information content (AvgIpc) is 2.41. The Balaban J connectivity index is 2.33. The lowest BCUT2D eigenvalue weighted by Crippen LogP contribution is -2.35. The van der Waals surface area contributed by atoms with Crippen LogP contribution < -0.4 is 5.32 Å². The number of ether oxygens (including phenoxy) is 2. The Morgan fingerprint density at radius 3 is 2.74 bits per heavy atom. The number of carboxylic acids is 1. The lowest BCUT2D eigenvalue weighted by molar-refractivity contribution is -0.142. The molecule has 1 fully saturated rings. The molecule has 1 heterocycles. The third-order valence-corrected chi connectivity index (χ3v) is 3.13. The van der Waals surface area contributed by atoms with E-state index >= 15 is 0 Å². The summed E-state index contributed by atoms with van der Waals surface area (Å²) < 4.78 is 9.97. The van der Waals surface area contributed by atoms with E-state index in [1.807, 2.05) is 0 Å². The Labute approximate surface area is 112 Å². The zero-order valence-electron chi connectivity index (χ0n) is 11.0. The van der Waals surface area contributed by atoms with E-state index in [1.165, 1.54) is 6.08 Å². The van der Waals surface area contributed by atoms with Crippen molar-refractivity contribution in [2.24, 2.45) is 11.8 Å². The fourth-order valence-electron chi connectivity index (χ4n) is 2.05. The molecule has 0 aromatic heterocycles. The predicted octanol–water partition coefficient (Wildman–Crippen LogP) is 1.42. The molecule has 1 saturated heterocycles. The number of hydrogen-bond donors (Lipinski definition) is 2. The molecule has 6 heteroatoms. The Morgan fingerprint density at radius 2 is 2.16 bits per heavy atom. The largest absolute Gasteiger partial charge is 0.481 e. The molecule has 6 nitrogen and oxygen atoms in total. The van der Waals surface area contributed by atoms with Gasteiger partial charge in [0, 0.05) is 19.8 Å². The first-order chi connectivity index (χ1) is 9.13.